The van der Waals surface area contributed by atoms with E-state index < -0.39 is 0 Å². The minimum atomic E-state index is 0. The molecule has 16 heavy (non-hydrogen) atoms. The first-order valence-corrected chi connectivity index (χ1v) is 5.21. The fourth-order valence-electron chi connectivity index (χ4n) is 2.12. The molecule has 1 aromatic heterocycles. The quantitative estimate of drug-likeness (QED) is 0.847. The van der Waals surface area contributed by atoms with Crippen molar-refractivity contribution < 1.29 is 0 Å². The first-order chi connectivity index (χ1) is 6.66. The van der Waals surface area contributed by atoms with E-state index in [1.54, 1.807) is 4.68 Å². The maximum atomic E-state index is 5.89. The van der Waals surface area contributed by atoms with E-state index in [4.69, 9.17) is 5.73 Å². The zero-order valence-electron chi connectivity index (χ0n) is 9.72. The van der Waals surface area contributed by atoms with Crippen molar-refractivity contribution in [1.82, 2.24) is 9.78 Å². The van der Waals surface area contributed by atoms with E-state index in [1.807, 2.05) is 13.2 Å². The molecule has 1 fully saturated rings. The zero-order chi connectivity index (χ0) is 10.1. The van der Waals surface area contributed by atoms with Gasteiger partial charge in [0.15, 0.2) is 5.82 Å². The van der Waals surface area contributed by atoms with Gasteiger partial charge in [0.2, 0.25) is 0 Å². The number of nitrogens with two attached hydrogens (primary N) is 1. The van der Waals surface area contributed by atoms with Gasteiger partial charge in [-0.25, -0.2) is 0 Å². The fraction of sp³-hybridized carbons (Fsp3) is 0.700. The van der Waals surface area contributed by atoms with Crippen molar-refractivity contribution in [2.24, 2.45) is 13.0 Å². The number of hydrogen-bond acceptors (Lipinski definition) is 3. The topological polar surface area (TPSA) is 47.1 Å². The lowest BCUT2D eigenvalue weighted by atomic mass is 10.0. The lowest BCUT2D eigenvalue weighted by Gasteiger charge is -2.31. The standard InChI is InChI=1S/C10H18N4.2ClH/c1-8-4-3-5-14(6-8)10-9(11)7-13(2)12-10;;/h7-8H,3-6,11H2,1-2H3;2*1H. The molecule has 4 nitrogen and oxygen atoms in total. The maximum absolute atomic E-state index is 5.89. The van der Waals surface area contributed by atoms with Crippen molar-refractivity contribution in [3.05, 3.63) is 6.20 Å². The molecule has 2 rings (SSSR count). The molecule has 0 radical (unpaired) electrons. The second-order valence-electron chi connectivity index (χ2n) is 4.28. The summed E-state index contributed by atoms with van der Waals surface area (Å²) in [6.07, 6.45) is 4.44. The number of anilines is 2. The summed E-state index contributed by atoms with van der Waals surface area (Å²) in [6.45, 7) is 4.46. The number of halogens is 2. The molecule has 0 aliphatic carbocycles. The molecule has 1 unspecified atom stereocenters. The van der Waals surface area contributed by atoms with Crippen LogP contribution in [0.2, 0.25) is 0 Å². The summed E-state index contributed by atoms with van der Waals surface area (Å²) in [5.74, 6) is 1.71. The molecule has 0 spiro atoms. The largest absolute Gasteiger partial charge is 0.394 e. The molecule has 1 atom stereocenters. The Kier molecular flexibility index (Phi) is 5.97. The minimum absolute atomic E-state index is 0. The van der Waals surface area contributed by atoms with E-state index in [1.165, 1.54) is 12.8 Å². The van der Waals surface area contributed by atoms with Crippen LogP contribution in [0, 0.1) is 5.92 Å². The van der Waals surface area contributed by atoms with Crippen LogP contribution in [0.25, 0.3) is 0 Å². The Morgan fingerprint density at radius 1 is 1.44 bits per heavy atom. The Hall–Kier alpha value is -0.610. The molecule has 0 bridgehead atoms. The summed E-state index contributed by atoms with van der Waals surface area (Å²) in [5, 5.41) is 4.39. The van der Waals surface area contributed by atoms with Crippen molar-refractivity contribution in [1.29, 1.82) is 0 Å². The molecular formula is C10H20Cl2N4. The summed E-state index contributed by atoms with van der Waals surface area (Å²) in [7, 11) is 1.91. The number of piperidine rings is 1. The molecule has 2 heterocycles. The lowest BCUT2D eigenvalue weighted by molar-refractivity contribution is 0.444. The molecule has 0 aromatic carbocycles. The second-order valence-corrected chi connectivity index (χ2v) is 4.28. The van der Waals surface area contributed by atoms with Gasteiger partial charge in [-0.3, -0.25) is 4.68 Å². The van der Waals surface area contributed by atoms with E-state index >= 15 is 0 Å². The van der Waals surface area contributed by atoms with Gasteiger partial charge in [-0.05, 0) is 18.8 Å². The third-order valence-electron chi connectivity index (χ3n) is 2.79. The van der Waals surface area contributed by atoms with Crippen LogP contribution in [-0.2, 0) is 7.05 Å². The number of nitrogens with zero attached hydrogens (tertiary/aromatic N) is 3. The van der Waals surface area contributed by atoms with E-state index in [2.05, 4.69) is 16.9 Å². The van der Waals surface area contributed by atoms with Gasteiger partial charge < -0.3 is 10.6 Å². The molecule has 6 heteroatoms. The Morgan fingerprint density at radius 2 is 2.12 bits per heavy atom. The van der Waals surface area contributed by atoms with Crippen molar-refractivity contribution in [3.63, 3.8) is 0 Å². The average molecular weight is 267 g/mol. The van der Waals surface area contributed by atoms with Gasteiger partial charge in [0, 0.05) is 26.3 Å². The molecule has 1 aromatic rings. The minimum Gasteiger partial charge on any atom is -0.394 e. The summed E-state index contributed by atoms with van der Waals surface area (Å²) >= 11 is 0. The zero-order valence-corrected chi connectivity index (χ0v) is 11.4. The van der Waals surface area contributed by atoms with Gasteiger partial charge in [-0.1, -0.05) is 6.92 Å². The highest BCUT2D eigenvalue weighted by molar-refractivity contribution is 5.85. The molecule has 0 amide bonds. The molecule has 1 aliphatic heterocycles. The van der Waals surface area contributed by atoms with Gasteiger partial charge in [0.05, 0.1) is 5.69 Å². The predicted molar refractivity (Wildman–Crippen MR) is 72.7 cm³/mol. The van der Waals surface area contributed by atoms with Crippen LogP contribution in [0.1, 0.15) is 19.8 Å². The van der Waals surface area contributed by atoms with E-state index in [0.29, 0.717) is 0 Å². The summed E-state index contributed by atoms with van der Waals surface area (Å²) in [5.41, 5.74) is 6.69. The molecule has 1 saturated heterocycles. The summed E-state index contributed by atoms with van der Waals surface area (Å²) in [6, 6.07) is 0. The number of hydrogen-bond donors (Lipinski definition) is 1. The first kappa shape index (κ1) is 15.4. The fourth-order valence-corrected chi connectivity index (χ4v) is 2.12. The second kappa shape index (κ2) is 6.21. The highest BCUT2D eigenvalue weighted by Gasteiger charge is 2.20. The molecule has 94 valence electrons. The Morgan fingerprint density at radius 3 is 2.62 bits per heavy atom. The smallest absolute Gasteiger partial charge is 0.173 e. The average Bonchev–Trinajstić information content (AvgIpc) is 2.45. The van der Waals surface area contributed by atoms with Crippen molar-refractivity contribution in [3.8, 4) is 0 Å². The lowest BCUT2D eigenvalue weighted by Crippen LogP contribution is -2.34. The predicted octanol–water partition coefficient (Wildman–Crippen LogP) is 2.08. The monoisotopic (exact) mass is 266 g/mol. The van der Waals surface area contributed by atoms with E-state index in [-0.39, 0.29) is 24.8 Å². The van der Waals surface area contributed by atoms with E-state index in [9.17, 15) is 0 Å². The van der Waals surface area contributed by atoms with Crippen molar-refractivity contribution >= 4 is 36.3 Å². The van der Waals surface area contributed by atoms with Gasteiger partial charge >= 0.3 is 0 Å². The number of nitrogen functional groups attached to an aromatic ring is 1. The van der Waals surface area contributed by atoms with Crippen LogP contribution < -0.4 is 10.6 Å². The van der Waals surface area contributed by atoms with Crippen molar-refractivity contribution in [2.75, 3.05) is 23.7 Å². The first-order valence-electron chi connectivity index (χ1n) is 5.21. The highest BCUT2D eigenvalue weighted by Crippen LogP contribution is 2.25. The molecule has 0 saturated carbocycles. The van der Waals surface area contributed by atoms with Gasteiger partial charge in [-0.2, -0.15) is 5.10 Å². The SMILES string of the molecule is CC1CCCN(c2nn(C)cc2N)C1.Cl.Cl. The summed E-state index contributed by atoms with van der Waals surface area (Å²) < 4.78 is 1.78. The van der Waals surface area contributed by atoms with Crippen LogP contribution in [0.4, 0.5) is 11.5 Å². The Bertz CT molecular complexity index is 327. The number of aryl methyl sites for hydroxylation is 1. The Labute approximate surface area is 109 Å². The van der Waals surface area contributed by atoms with Crippen molar-refractivity contribution in [2.45, 2.75) is 19.8 Å². The highest BCUT2D eigenvalue weighted by atomic mass is 35.5. The van der Waals surface area contributed by atoms with Gasteiger partial charge in [0.1, 0.15) is 0 Å². The van der Waals surface area contributed by atoms with Crippen LogP contribution >= 0.6 is 24.8 Å². The third kappa shape index (κ3) is 3.19. The van der Waals surface area contributed by atoms with Gasteiger partial charge in [0.25, 0.3) is 0 Å². The molecule has 1 aliphatic rings. The number of rotatable bonds is 1. The van der Waals surface area contributed by atoms with Crippen LogP contribution in [0.5, 0.6) is 0 Å². The van der Waals surface area contributed by atoms with Crippen LogP contribution in [0.15, 0.2) is 6.20 Å². The van der Waals surface area contributed by atoms with Crippen LogP contribution in [0.3, 0.4) is 0 Å². The number of aromatic nitrogens is 2. The van der Waals surface area contributed by atoms with Gasteiger partial charge in [-0.15, -0.1) is 24.8 Å². The van der Waals surface area contributed by atoms with Crippen LogP contribution in [-0.4, -0.2) is 22.9 Å². The molecular weight excluding hydrogens is 247 g/mol. The normalized spacial score (nSPS) is 19.9. The molecule has 2 N–H and O–H groups in total. The summed E-state index contributed by atoms with van der Waals surface area (Å²) in [4.78, 5) is 2.30. The Balaban J connectivity index is 0.00000112. The van der Waals surface area contributed by atoms with E-state index in [0.717, 1.165) is 30.5 Å². The maximum Gasteiger partial charge on any atom is 0.173 e. The third-order valence-corrected chi connectivity index (χ3v) is 2.79.